The molecular formula is C7H13N3OS. The van der Waals surface area contributed by atoms with Crippen LogP contribution in [0.15, 0.2) is 5.16 Å². The average molecular weight is 187 g/mol. The molecule has 0 atom stereocenters. The van der Waals surface area contributed by atoms with Gasteiger partial charge in [0.1, 0.15) is 5.82 Å². The molecule has 0 aliphatic rings. The van der Waals surface area contributed by atoms with Crippen LogP contribution in [-0.4, -0.2) is 28.5 Å². The number of hydrogen-bond donors (Lipinski definition) is 1. The summed E-state index contributed by atoms with van der Waals surface area (Å²) in [5.41, 5.74) is 0. The van der Waals surface area contributed by atoms with Gasteiger partial charge in [0.15, 0.2) is 5.16 Å². The first kappa shape index (κ1) is 9.54. The van der Waals surface area contributed by atoms with Crippen molar-refractivity contribution in [2.75, 3.05) is 13.7 Å². The van der Waals surface area contributed by atoms with Crippen molar-refractivity contribution in [1.29, 1.82) is 0 Å². The lowest BCUT2D eigenvalue weighted by Crippen LogP contribution is -2.08. The lowest BCUT2D eigenvalue weighted by Gasteiger charge is -2.04. The highest BCUT2D eigenvalue weighted by Gasteiger charge is 2.05. The van der Waals surface area contributed by atoms with Gasteiger partial charge in [0.25, 0.3) is 0 Å². The summed E-state index contributed by atoms with van der Waals surface area (Å²) in [6.07, 6.45) is 0.872. The predicted octanol–water partition coefficient (Wildman–Crippen LogP) is 0.776. The molecule has 0 fully saturated rings. The number of nitrogens with zero attached hydrogens (tertiary/aromatic N) is 3. The third-order valence-corrected chi connectivity index (χ3v) is 1.97. The summed E-state index contributed by atoms with van der Waals surface area (Å²) >= 11 is 4.18. The second-order valence-electron chi connectivity index (χ2n) is 2.41. The Hall–Kier alpha value is -0.550. The number of aryl methyl sites for hydroxylation is 1. The van der Waals surface area contributed by atoms with Crippen LogP contribution in [0.3, 0.4) is 0 Å². The first-order chi connectivity index (χ1) is 5.79. The van der Waals surface area contributed by atoms with Gasteiger partial charge in [-0.25, -0.2) is 0 Å². The summed E-state index contributed by atoms with van der Waals surface area (Å²) in [6.45, 7) is 3.48. The number of rotatable bonds is 4. The molecule has 0 aliphatic heterocycles. The second kappa shape index (κ2) is 4.47. The highest BCUT2D eigenvalue weighted by atomic mass is 32.1. The van der Waals surface area contributed by atoms with Crippen LogP contribution in [0.2, 0.25) is 0 Å². The van der Waals surface area contributed by atoms with Gasteiger partial charge in [-0.15, -0.1) is 22.8 Å². The van der Waals surface area contributed by atoms with E-state index in [4.69, 9.17) is 4.74 Å². The van der Waals surface area contributed by atoms with E-state index in [1.807, 2.05) is 11.5 Å². The largest absolute Gasteiger partial charge is 0.383 e. The SMILES string of the molecule is CCc1nnc(S)n1CCOC. The van der Waals surface area contributed by atoms with Crippen LogP contribution in [0.5, 0.6) is 0 Å². The number of methoxy groups -OCH3 is 1. The lowest BCUT2D eigenvalue weighted by atomic mass is 10.4. The van der Waals surface area contributed by atoms with E-state index in [1.165, 1.54) is 0 Å². The highest BCUT2D eigenvalue weighted by Crippen LogP contribution is 2.06. The van der Waals surface area contributed by atoms with Gasteiger partial charge in [-0.2, -0.15) is 0 Å². The second-order valence-corrected chi connectivity index (χ2v) is 2.81. The Morgan fingerprint density at radius 1 is 1.50 bits per heavy atom. The van der Waals surface area contributed by atoms with E-state index in [9.17, 15) is 0 Å². The number of ether oxygens (including phenoxy) is 1. The summed E-state index contributed by atoms with van der Waals surface area (Å²) in [5.74, 6) is 0.956. The van der Waals surface area contributed by atoms with Crippen LogP contribution in [-0.2, 0) is 17.7 Å². The van der Waals surface area contributed by atoms with E-state index in [2.05, 4.69) is 22.8 Å². The molecule has 1 aromatic rings. The van der Waals surface area contributed by atoms with Crippen molar-refractivity contribution < 1.29 is 4.74 Å². The number of aromatic nitrogens is 3. The fourth-order valence-corrected chi connectivity index (χ4v) is 1.26. The van der Waals surface area contributed by atoms with Gasteiger partial charge in [-0.05, 0) is 0 Å². The van der Waals surface area contributed by atoms with E-state index < -0.39 is 0 Å². The molecule has 0 saturated heterocycles. The molecular weight excluding hydrogens is 174 g/mol. The normalized spacial score (nSPS) is 10.6. The van der Waals surface area contributed by atoms with E-state index in [0.717, 1.165) is 18.8 Å². The third-order valence-electron chi connectivity index (χ3n) is 1.64. The van der Waals surface area contributed by atoms with E-state index >= 15 is 0 Å². The minimum absolute atomic E-state index is 0.656. The van der Waals surface area contributed by atoms with Crippen molar-refractivity contribution in [2.24, 2.45) is 0 Å². The van der Waals surface area contributed by atoms with Crippen molar-refractivity contribution in [1.82, 2.24) is 14.8 Å². The molecule has 0 spiro atoms. The Morgan fingerprint density at radius 3 is 2.83 bits per heavy atom. The van der Waals surface area contributed by atoms with Gasteiger partial charge in [0.05, 0.1) is 6.61 Å². The van der Waals surface area contributed by atoms with Crippen molar-refractivity contribution >= 4 is 12.6 Å². The van der Waals surface area contributed by atoms with E-state index in [-0.39, 0.29) is 0 Å². The zero-order valence-electron chi connectivity index (χ0n) is 7.32. The molecule has 1 heterocycles. The Bertz CT molecular complexity index is 249. The maximum atomic E-state index is 4.96. The lowest BCUT2D eigenvalue weighted by molar-refractivity contribution is 0.184. The molecule has 1 rings (SSSR count). The monoisotopic (exact) mass is 187 g/mol. The summed E-state index contributed by atoms with van der Waals surface area (Å²) in [7, 11) is 1.67. The summed E-state index contributed by atoms with van der Waals surface area (Å²) in [4.78, 5) is 0. The minimum atomic E-state index is 0.656. The Morgan fingerprint density at radius 2 is 2.25 bits per heavy atom. The molecule has 0 amide bonds. The van der Waals surface area contributed by atoms with Gasteiger partial charge in [-0.3, -0.25) is 0 Å². The molecule has 0 aromatic carbocycles. The molecule has 0 radical (unpaired) electrons. The van der Waals surface area contributed by atoms with Crippen LogP contribution >= 0.6 is 12.6 Å². The van der Waals surface area contributed by atoms with Crippen LogP contribution in [0.1, 0.15) is 12.7 Å². The predicted molar refractivity (Wildman–Crippen MR) is 48.5 cm³/mol. The van der Waals surface area contributed by atoms with E-state index in [1.54, 1.807) is 7.11 Å². The summed E-state index contributed by atoms with van der Waals surface area (Å²) in [5, 5.41) is 8.49. The molecule has 0 bridgehead atoms. The maximum absolute atomic E-state index is 4.96. The molecule has 12 heavy (non-hydrogen) atoms. The standard InChI is InChI=1S/C7H13N3OS/c1-3-6-8-9-7(12)10(6)4-5-11-2/h3-5H2,1-2H3,(H,9,12). The average Bonchev–Trinajstić information content (AvgIpc) is 2.43. The molecule has 5 heteroatoms. The molecule has 4 nitrogen and oxygen atoms in total. The van der Waals surface area contributed by atoms with Crippen LogP contribution in [0.25, 0.3) is 0 Å². The smallest absolute Gasteiger partial charge is 0.188 e. The Balaban J connectivity index is 2.72. The van der Waals surface area contributed by atoms with Crippen molar-refractivity contribution in [3.8, 4) is 0 Å². The Kier molecular flexibility index (Phi) is 3.55. The topological polar surface area (TPSA) is 39.9 Å². The molecule has 0 aliphatic carbocycles. The molecule has 1 aromatic heterocycles. The van der Waals surface area contributed by atoms with Crippen molar-refractivity contribution in [2.45, 2.75) is 25.0 Å². The number of thiol groups is 1. The van der Waals surface area contributed by atoms with Gasteiger partial charge in [0, 0.05) is 20.1 Å². The minimum Gasteiger partial charge on any atom is -0.383 e. The van der Waals surface area contributed by atoms with E-state index in [0.29, 0.717) is 11.8 Å². The molecule has 0 unspecified atom stereocenters. The first-order valence-corrected chi connectivity index (χ1v) is 4.34. The van der Waals surface area contributed by atoms with Crippen molar-refractivity contribution in [3.05, 3.63) is 5.82 Å². The maximum Gasteiger partial charge on any atom is 0.188 e. The summed E-state index contributed by atoms with van der Waals surface area (Å²) < 4.78 is 6.91. The number of hydrogen-bond acceptors (Lipinski definition) is 4. The fourth-order valence-electron chi connectivity index (χ4n) is 0.999. The zero-order chi connectivity index (χ0) is 8.97. The van der Waals surface area contributed by atoms with Gasteiger partial charge in [0.2, 0.25) is 0 Å². The summed E-state index contributed by atoms with van der Waals surface area (Å²) in [6, 6.07) is 0. The molecule has 68 valence electrons. The van der Waals surface area contributed by atoms with Crippen LogP contribution < -0.4 is 0 Å². The van der Waals surface area contributed by atoms with Crippen LogP contribution in [0, 0.1) is 0 Å². The fraction of sp³-hybridized carbons (Fsp3) is 0.714. The van der Waals surface area contributed by atoms with Crippen LogP contribution in [0.4, 0.5) is 0 Å². The first-order valence-electron chi connectivity index (χ1n) is 3.89. The zero-order valence-corrected chi connectivity index (χ0v) is 8.21. The van der Waals surface area contributed by atoms with Gasteiger partial charge in [-0.1, -0.05) is 6.92 Å². The quantitative estimate of drug-likeness (QED) is 0.708. The molecule has 0 N–H and O–H groups in total. The third kappa shape index (κ3) is 1.98. The van der Waals surface area contributed by atoms with Gasteiger partial charge >= 0.3 is 0 Å². The molecule has 0 saturated carbocycles. The Labute approximate surface area is 77.4 Å². The van der Waals surface area contributed by atoms with Crippen molar-refractivity contribution in [3.63, 3.8) is 0 Å². The van der Waals surface area contributed by atoms with Gasteiger partial charge < -0.3 is 9.30 Å². The highest BCUT2D eigenvalue weighted by molar-refractivity contribution is 7.80.